The monoisotopic (exact) mass is 599 g/mol. The number of hydrogen-bond acceptors (Lipinski definition) is 6. The van der Waals surface area contributed by atoms with E-state index in [1.807, 2.05) is 0 Å². The minimum absolute atomic E-state index is 0.0372. The zero-order chi connectivity index (χ0) is 31.2. The van der Waals surface area contributed by atoms with Crippen LogP contribution in [0.3, 0.4) is 0 Å². The van der Waals surface area contributed by atoms with Gasteiger partial charge in [0.15, 0.2) is 0 Å². The largest absolute Gasteiger partial charge is 0.458 e. The third-order valence-corrected chi connectivity index (χ3v) is 9.30. The van der Waals surface area contributed by atoms with E-state index in [-0.39, 0.29) is 65.6 Å². The molecule has 0 spiro atoms. The summed E-state index contributed by atoms with van der Waals surface area (Å²) in [6, 6.07) is -0.760. The van der Waals surface area contributed by atoms with E-state index in [0.29, 0.717) is 32.4 Å². The van der Waals surface area contributed by atoms with Gasteiger partial charge in [0.25, 0.3) is 23.6 Å². The normalized spacial score (nSPS) is 19.5. The van der Waals surface area contributed by atoms with Gasteiger partial charge >= 0.3 is 5.97 Å². The highest BCUT2D eigenvalue weighted by atomic mass is 16.5. The predicted octanol–water partition coefficient (Wildman–Crippen LogP) is 5.45. The van der Waals surface area contributed by atoms with Crippen LogP contribution in [0.15, 0.2) is 12.2 Å². The summed E-state index contributed by atoms with van der Waals surface area (Å²) in [5.41, 5.74) is 0. The predicted molar refractivity (Wildman–Crippen MR) is 164 cm³/mol. The average Bonchev–Trinajstić information content (AvgIpc) is 3.51. The molecule has 0 aromatic carbocycles. The maximum absolute atomic E-state index is 14.3. The highest BCUT2D eigenvalue weighted by Crippen LogP contribution is 2.34. The van der Waals surface area contributed by atoms with Crippen LogP contribution in [0.1, 0.15) is 116 Å². The van der Waals surface area contributed by atoms with Crippen molar-refractivity contribution in [1.29, 1.82) is 0 Å². The lowest BCUT2D eigenvalue weighted by Gasteiger charge is -2.47. The van der Waals surface area contributed by atoms with E-state index in [1.54, 1.807) is 0 Å². The summed E-state index contributed by atoms with van der Waals surface area (Å²) in [7, 11) is 0. The van der Waals surface area contributed by atoms with Crippen molar-refractivity contribution >= 4 is 29.6 Å². The van der Waals surface area contributed by atoms with Gasteiger partial charge in [-0.15, -0.1) is 5.01 Å². The second-order valence-electron chi connectivity index (χ2n) is 12.4. The summed E-state index contributed by atoms with van der Waals surface area (Å²) in [5.74, 6) is -1.64. The topological polar surface area (TPSA) is 101 Å². The maximum atomic E-state index is 14.3. The Labute approximate surface area is 258 Å². The summed E-state index contributed by atoms with van der Waals surface area (Å²) in [5, 5.41) is 1.40. The van der Waals surface area contributed by atoms with Gasteiger partial charge in [-0.1, -0.05) is 52.9 Å². The van der Waals surface area contributed by atoms with E-state index in [4.69, 9.17) is 4.74 Å². The Kier molecular flexibility index (Phi) is 14.4. The number of esters is 1. The first-order valence-electron chi connectivity index (χ1n) is 16.6. The number of quaternary nitrogens is 1. The Hall–Kier alpha value is -2.55. The van der Waals surface area contributed by atoms with Gasteiger partial charge in [-0.05, 0) is 70.1 Å². The van der Waals surface area contributed by atoms with E-state index in [2.05, 4.69) is 20.8 Å². The molecule has 2 aliphatic heterocycles. The van der Waals surface area contributed by atoms with Gasteiger partial charge in [0.1, 0.15) is 19.2 Å². The molecule has 1 saturated carbocycles. The fourth-order valence-electron chi connectivity index (χ4n) is 6.82. The quantitative estimate of drug-likeness (QED) is 0.0799. The van der Waals surface area contributed by atoms with Crippen molar-refractivity contribution in [3.05, 3.63) is 32.9 Å². The minimum Gasteiger partial charge on any atom is -0.458 e. The molecule has 0 aromatic rings. The van der Waals surface area contributed by atoms with Gasteiger partial charge in [0.05, 0.1) is 0 Å². The molecule has 1 saturated heterocycles. The van der Waals surface area contributed by atoms with Crippen molar-refractivity contribution in [3.8, 4) is 0 Å². The number of ether oxygens (including phenoxy) is 1. The van der Waals surface area contributed by atoms with Crippen LogP contribution in [0, 0.1) is 26.7 Å². The summed E-state index contributed by atoms with van der Waals surface area (Å²) >= 11 is 0. The molecular formula is C34H53N3O6+. The SMILES string of the molecule is [CH2]CCCCC[N+](CCCCC[CH2])(C(CCC(C[CH2])CN1C(=O)C=CC1=O)C(=O)OC1CCCCC1)N1C(=O)CCC1=O. The molecule has 3 radical (unpaired) electrons. The summed E-state index contributed by atoms with van der Waals surface area (Å²) in [6.45, 7) is 13.2. The molecule has 0 bridgehead atoms. The van der Waals surface area contributed by atoms with Crippen molar-refractivity contribution in [3.63, 3.8) is 0 Å². The van der Waals surface area contributed by atoms with Crippen LogP contribution < -0.4 is 0 Å². The number of carbonyl (C=O) groups is 5. The van der Waals surface area contributed by atoms with Crippen molar-refractivity contribution in [2.75, 3.05) is 19.6 Å². The average molecular weight is 600 g/mol. The summed E-state index contributed by atoms with van der Waals surface area (Å²) in [6.07, 6.45) is 15.5. The number of hydrogen-bond donors (Lipinski definition) is 0. The molecule has 1 aliphatic carbocycles. The molecule has 2 heterocycles. The smallest absolute Gasteiger partial charge is 0.367 e. The van der Waals surface area contributed by atoms with Crippen LogP contribution in [0.4, 0.5) is 0 Å². The van der Waals surface area contributed by atoms with Gasteiger partial charge in [-0.3, -0.25) is 24.1 Å². The van der Waals surface area contributed by atoms with Crippen molar-refractivity contribution in [1.82, 2.24) is 9.91 Å². The molecule has 9 nitrogen and oxygen atoms in total. The highest BCUT2D eigenvalue weighted by molar-refractivity contribution is 6.12. The number of carbonyl (C=O) groups excluding carboxylic acids is 5. The molecule has 3 aliphatic rings. The van der Waals surface area contributed by atoms with E-state index in [9.17, 15) is 24.0 Å². The zero-order valence-corrected chi connectivity index (χ0v) is 26.1. The molecule has 0 N–H and O–H groups in total. The summed E-state index contributed by atoms with van der Waals surface area (Å²) < 4.78 is 6.17. The van der Waals surface area contributed by atoms with Crippen LogP contribution in [-0.4, -0.2) is 75.9 Å². The number of rotatable bonds is 20. The molecule has 2 atom stereocenters. The Morgan fingerprint density at radius 3 is 1.88 bits per heavy atom. The minimum atomic E-state index is -0.760. The molecule has 9 heteroatoms. The van der Waals surface area contributed by atoms with Crippen LogP contribution in [0.5, 0.6) is 0 Å². The maximum Gasteiger partial charge on any atom is 0.367 e. The van der Waals surface area contributed by atoms with Gasteiger partial charge in [0, 0.05) is 38.0 Å². The standard InChI is InChI=1S/C34H53N3O6/c1-4-7-9-14-24-37(25-15-10-8-5-2,36-32(40)22-23-33(36)41)29(34(42)43-28-16-12-11-13-17-28)19-18-27(6-3)26-35-30(38)20-21-31(35)39/h20-21,27-29H,1-19,22-26H2/q+1. The Balaban J connectivity index is 1.97. The second kappa shape index (κ2) is 17.7. The second-order valence-corrected chi connectivity index (χ2v) is 12.4. The lowest BCUT2D eigenvalue weighted by atomic mass is 9.94. The fourth-order valence-corrected chi connectivity index (χ4v) is 6.82. The van der Waals surface area contributed by atoms with Crippen molar-refractivity contribution in [2.24, 2.45) is 5.92 Å². The number of unbranched alkanes of at least 4 members (excludes halogenated alkanes) is 6. The molecule has 3 rings (SSSR count). The number of nitrogens with zero attached hydrogens (tertiary/aromatic N) is 3. The van der Waals surface area contributed by atoms with Gasteiger partial charge in [0.2, 0.25) is 6.04 Å². The zero-order valence-electron chi connectivity index (χ0n) is 26.1. The van der Waals surface area contributed by atoms with Crippen LogP contribution in [-0.2, 0) is 28.7 Å². The van der Waals surface area contributed by atoms with Gasteiger partial charge in [-0.25, -0.2) is 4.79 Å². The first kappa shape index (κ1) is 34.9. The lowest BCUT2D eigenvalue weighted by molar-refractivity contribution is -1.03. The Bertz CT molecular complexity index is 943. The fraction of sp³-hybridized carbons (Fsp3) is 0.706. The van der Waals surface area contributed by atoms with Gasteiger partial charge < -0.3 is 4.74 Å². The van der Waals surface area contributed by atoms with E-state index < -0.39 is 6.04 Å². The molecule has 4 amide bonds. The van der Waals surface area contributed by atoms with Crippen LogP contribution >= 0.6 is 0 Å². The third-order valence-electron chi connectivity index (χ3n) is 9.30. The van der Waals surface area contributed by atoms with E-state index in [0.717, 1.165) is 83.5 Å². The Morgan fingerprint density at radius 2 is 1.37 bits per heavy atom. The first-order chi connectivity index (χ1) is 20.8. The molecule has 2 fully saturated rings. The van der Waals surface area contributed by atoms with Crippen LogP contribution in [0.25, 0.3) is 0 Å². The van der Waals surface area contributed by atoms with Crippen molar-refractivity contribution < 1.29 is 33.3 Å². The van der Waals surface area contributed by atoms with E-state index in [1.165, 1.54) is 22.1 Å². The third kappa shape index (κ3) is 9.47. The molecule has 0 aromatic heterocycles. The van der Waals surface area contributed by atoms with E-state index >= 15 is 0 Å². The van der Waals surface area contributed by atoms with Crippen molar-refractivity contribution in [2.45, 2.75) is 128 Å². The molecule has 2 unspecified atom stereocenters. The molecule has 239 valence electrons. The lowest BCUT2D eigenvalue weighted by Crippen LogP contribution is -2.70. The number of imide groups is 2. The summed E-state index contributed by atoms with van der Waals surface area (Å²) in [4.78, 5) is 67.0. The molecule has 43 heavy (non-hydrogen) atoms. The molecular weight excluding hydrogens is 546 g/mol. The van der Waals surface area contributed by atoms with Crippen LogP contribution in [0.2, 0.25) is 0 Å². The number of amides is 4. The Morgan fingerprint density at radius 1 is 0.814 bits per heavy atom. The first-order valence-corrected chi connectivity index (χ1v) is 16.6. The highest BCUT2D eigenvalue weighted by Gasteiger charge is 2.54. The van der Waals surface area contributed by atoms with Gasteiger partial charge in [-0.2, -0.15) is 4.59 Å².